The lowest BCUT2D eigenvalue weighted by molar-refractivity contribution is -0.116. The number of hydrogen-bond donors (Lipinski definition) is 2. The van der Waals surface area contributed by atoms with E-state index in [4.69, 9.17) is 0 Å². The monoisotopic (exact) mass is 356 g/mol. The first-order valence-electron chi connectivity index (χ1n) is 8.12. The maximum Gasteiger partial charge on any atom is 0.328 e. The van der Waals surface area contributed by atoms with E-state index in [-0.39, 0.29) is 18.9 Å². The van der Waals surface area contributed by atoms with Gasteiger partial charge in [-0.3, -0.25) is 19.1 Å². The molecule has 0 spiro atoms. The predicted molar refractivity (Wildman–Crippen MR) is 96.2 cm³/mol. The molecule has 4 rings (SSSR count). The maximum absolute atomic E-state index is 12.2. The van der Waals surface area contributed by atoms with Crippen LogP contribution in [0, 0.1) is 0 Å². The average Bonchev–Trinajstić information content (AvgIpc) is 3.16. The molecule has 3 aromatic rings. The van der Waals surface area contributed by atoms with Crippen molar-refractivity contribution >= 4 is 33.3 Å². The lowest BCUT2D eigenvalue weighted by Gasteiger charge is -2.09. The summed E-state index contributed by atoms with van der Waals surface area (Å²) in [6, 6.07) is 6.85. The van der Waals surface area contributed by atoms with Crippen molar-refractivity contribution in [2.45, 2.75) is 32.2 Å². The molecule has 0 fully saturated rings. The molecule has 0 saturated carbocycles. The summed E-state index contributed by atoms with van der Waals surface area (Å²) in [5.41, 5.74) is 0.684. The van der Waals surface area contributed by atoms with Crippen molar-refractivity contribution in [1.82, 2.24) is 14.5 Å². The van der Waals surface area contributed by atoms with Crippen LogP contribution < -0.4 is 16.6 Å². The molecule has 7 nitrogen and oxygen atoms in total. The highest BCUT2D eigenvalue weighted by atomic mass is 32.1. The zero-order chi connectivity index (χ0) is 17.4. The van der Waals surface area contributed by atoms with Crippen molar-refractivity contribution in [2.24, 2.45) is 0 Å². The first kappa shape index (κ1) is 15.8. The minimum absolute atomic E-state index is 0.125. The Bertz CT molecular complexity index is 1060. The van der Waals surface area contributed by atoms with E-state index in [0.29, 0.717) is 16.0 Å². The number of anilines is 1. The Morgan fingerprint density at radius 3 is 2.96 bits per heavy atom. The number of aromatic nitrogens is 3. The standard InChI is InChI=1S/C17H16N4O3S/c22-14(19-16-18-11-5-3-7-13(11)25-16)8-9-21-12-6-2-1-4-10(12)15(23)20-17(21)24/h1-2,4,6H,3,5,7-9H2,(H,18,19,22)(H,20,23,24). The molecule has 2 aromatic heterocycles. The number of nitrogens with zero attached hydrogens (tertiary/aromatic N) is 2. The van der Waals surface area contributed by atoms with Gasteiger partial charge in [0.1, 0.15) is 0 Å². The van der Waals surface area contributed by atoms with Gasteiger partial charge in [0, 0.05) is 17.8 Å². The first-order chi connectivity index (χ1) is 12.1. The van der Waals surface area contributed by atoms with Crippen molar-refractivity contribution in [3.05, 3.63) is 55.7 Å². The second kappa shape index (κ2) is 6.29. The number of nitrogens with one attached hydrogen (secondary N) is 2. The third kappa shape index (κ3) is 3.00. The molecule has 1 aromatic carbocycles. The van der Waals surface area contributed by atoms with Crippen LogP contribution in [0.5, 0.6) is 0 Å². The van der Waals surface area contributed by atoms with Crippen LogP contribution in [0.3, 0.4) is 0 Å². The van der Waals surface area contributed by atoms with Crippen LogP contribution in [0.1, 0.15) is 23.4 Å². The number of rotatable bonds is 4. The summed E-state index contributed by atoms with van der Waals surface area (Å²) in [6.45, 7) is 0.188. The summed E-state index contributed by atoms with van der Waals surface area (Å²) in [5, 5.41) is 3.85. The third-order valence-electron chi connectivity index (χ3n) is 4.31. The van der Waals surface area contributed by atoms with Gasteiger partial charge in [0.05, 0.1) is 16.6 Å². The Hall–Kier alpha value is -2.74. The Kier molecular flexibility index (Phi) is 3.96. The fraction of sp³-hybridized carbons (Fsp3) is 0.294. The molecule has 1 aliphatic carbocycles. The maximum atomic E-state index is 12.2. The molecule has 0 radical (unpaired) electrons. The molecule has 8 heteroatoms. The topological polar surface area (TPSA) is 96.9 Å². The average molecular weight is 356 g/mol. The molecule has 1 aliphatic rings. The number of thiazole rings is 1. The third-order valence-corrected chi connectivity index (χ3v) is 5.38. The zero-order valence-corrected chi connectivity index (χ0v) is 14.2. The quantitative estimate of drug-likeness (QED) is 0.743. The van der Waals surface area contributed by atoms with Crippen LogP contribution in [0.15, 0.2) is 33.9 Å². The van der Waals surface area contributed by atoms with Gasteiger partial charge in [-0.15, -0.1) is 11.3 Å². The van der Waals surface area contributed by atoms with Gasteiger partial charge in [0.2, 0.25) is 5.91 Å². The molecule has 2 N–H and O–H groups in total. The summed E-state index contributed by atoms with van der Waals surface area (Å²) >= 11 is 1.52. The highest BCUT2D eigenvalue weighted by Gasteiger charge is 2.18. The summed E-state index contributed by atoms with van der Waals surface area (Å²) in [5.74, 6) is -0.199. The van der Waals surface area contributed by atoms with E-state index in [0.717, 1.165) is 25.0 Å². The Morgan fingerprint density at radius 2 is 2.12 bits per heavy atom. The normalized spacial score (nSPS) is 13.1. The smallest absolute Gasteiger partial charge is 0.302 e. The molecule has 2 heterocycles. The summed E-state index contributed by atoms with van der Waals surface area (Å²) < 4.78 is 1.41. The number of H-pyrrole nitrogens is 1. The van der Waals surface area contributed by atoms with E-state index in [1.165, 1.54) is 20.8 Å². The molecule has 25 heavy (non-hydrogen) atoms. The number of fused-ring (bicyclic) bond motifs is 2. The van der Waals surface area contributed by atoms with E-state index >= 15 is 0 Å². The van der Waals surface area contributed by atoms with Crippen molar-refractivity contribution in [2.75, 3.05) is 5.32 Å². The molecule has 0 atom stereocenters. The molecule has 1 amide bonds. The highest BCUT2D eigenvalue weighted by molar-refractivity contribution is 7.15. The van der Waals surface area contributed by atoms with Crippen LogP contribution in [0.4, 0.5) is 5.13 Å². The largest absolute Gasteiger partial charge is 0.328 e. The number of para-hydroxylation sites is 1. The van der Waals surface area contributed by atoms with E-state index in [1.807, 2.05) is 0 Å². The highest BCUT2D eigenvalue weighted by Crippen LogP contribution is 2.30. The molecule has 0 saturated heterocycles. The van der Waals surface area contributed by atoms with Gasteiger partial charge in [-0.05, 0) is 31.4 Å². The van der Waals surface area contributed by atoms with E-state index < -0.39 is 11.2 Å². The first-order valence-corrected chi connectivity index (χ1v) is 8.94. The number of aryl methyl sites for hydroxylation is 3. The van der Waals surface area contributed by atoms with Gasteiger partial charge in [-0.1, -0.05) is 12.1 Å². The van der Waals surface area contributed by atoms with Crippen LogP contribution in [0.25, 0.3) is 10.9 Å². The zero-order valence-electron chi connectivity index (χ0n) is 13.4. The minimum Gasteiger partial charge on any atom is -0.302 e. The van der Waals surface area contributed by atoms with Crippen LogP contribution in [-0.4, -0.2) is 20.4 Å². The summed E-state index contributed by atoms with van der Waals surface area (Å²) in [4.78, 5) is 44.1. The molecule has 0 aliphatic heterocycles. The SMILES string of the molecule is O=C(CCn1c(=O)[nH]c(=O)c2ccccc21)Nc1nc2c(s1)CCC2. The van der Waals surface area contributed by atoms with Gasteiger partial charge in [0.25, 0.3) is 5.56 Å². The number of aromatic amines is 1. The van der Waals surface area contributed by atoms with Crippen molar-refractivity contribution < 1.29 is 4.79 Å². The van der Waals surface area contributed by atoms with Gasteiger partial charge in [-0.25, -0.2) is 9.78 Å². The lowest BCUT2D eigenvalue weighted by atomic mass is 10.2. The number of amides is 1. The van der Waals surface area contributed by atoms with Gasteiger partial charge >= 0.3 is 5.69 Å². The molecular formula is C17H16N4O3S. The number of benzene rings is 1. The minimum atomic E-state index is -0.510. The second-order valence-corrected chi connectivity index (χ2v) is 7.05. The van der Waals surface area contributed by atoms with Crippen molar-refractivity contribution in [3.8, 4) is 0 Å². The Labute approximate surface area is 146 Å². The van der Waals surface area contributed by atoms with Gasteiger partial charge in [-0.2, -0.15) is 0 Å². The lowest BCUT2D eigenvalue weighted by Crippen LogP contribution is -2.31. The fourth-order valence-corrected chi connectivity index (χ4v) is 4.17. The van der Waals surface area contributed by atoms with E-state index in [2.05, 4.69) is 15.3 Å². The van der Waals surface area contributed by atoms with Crippen LogP contribution in [-0.2, 0) is 24.2 Å². The number of hydrogen-bond acceptors (Lipinski definition) is 5. The Morgan fingerprint density at radius 1 is 1.28 bits per heavy atom. The van der Waals surface area contributed by atoms with Gasteiger partial charge < -0.3 is 5.32 Å². The second-order valence-electron chi connectivity index (χ2n) is 5.97. The van der Waals surface area contributed by atoms with Gasteiger partial charge in [0.15, 0.2) is 5.13 Å². The molecule has 128 valence electrons. The van der Waals surface area contributed by atoms with Crippen molar-refractivity contribution in [1.29, 1.82) is 0 Å². The molecular weight excluding hydrogens is 340 g/mol. The molecule has 0 bridgehead atoms. The molecule has 0 unspecified atom stereocenters. The number of carbonyl (C=O) groups is 1. The summed E-state index contributed by atoms with van der Waals surface area (Å²) in [6.07, 6.45) is 3.26. The summed E-state index contributed by atoms with van der Waals surface area (Å²) in [7, 11) is 0. The van der Waals surface area contributed by atoms with Crippen LogP contribution >= 0.6 is 11.3 Å². The van der Waals surface area contributed by atoms with Crippen LogP contribution in [0.2, 0.25) is 0 Å². The Balaban J connectivity index is 1.51. The predicted octanol–water partition coefficient (Wildman–Crippen LogP) is 1.66. The van der Waals surface area contributed by atoms with Crippen molar-refractivity contribution in [3.63, 3.8) is 0 Å². The number of carbonyl (C=O) groups excluding carboxylic acids is 1. The van der Waals surface area contributed by atoms with E-state index in [1.54, 1.807) is 24.3 Å². The fourth-order valence-electron chi connectivity index (χ4n) is 3.10. The van der Waals surface area contributed by atoms with E-state index in [9.17, 15) is 14.4 Å².